The molecule has 4 nitrogen and oxygen atoms in total. The Labute approximate surface area is 184 Å². The van der Waals surface area contributed by atoms with E-state index in [1.807, 2.05) is 42.5 Å². The molecule has 4 rings (SSSR count). The Morgan fingerprint density at radius 1 is 0.968 bits per heavy atom. The second-order valence-electron chi connectivity index (χ2n) is 6.72. The number of rotatable bonds is 6. The third-order valence-corrected chi connectivity index (χ3v) is 6.57. The number of nitrogens with zero attached hydrogens (tertiary/aromatic N) is 2. The van der Waals surface area contributed by atoms with Gasteiger partial charge >= 0.3 is 6.18 Å². The van der Waals surface area contributed by atoms with Crippen molar-refractivity contribution in [1.82, 2.24) is 10.2 Å². The fourth-order valence-electron chi connectivity index (χ4n) is 3.04. The maximum Gasteiger partial charge on any atom is 0.416 e. The number of amides is 1. The van der Waals surface area contributed by atoms with Crippen LogP contribution in [0.25, 0.3) is 10.8 Å². The monoisotopic (exact) mass is 459 g/mol. The first-order valence-corrected chi connectivity index (χ1v) is 11.1. The Hall–Kier alpha value is -2.91. The second kappa shape index (κ2) is 9.07. The molecule has 0 saturated heterocycles. The van der Waals surface area contributed by atoms with Crippen LogP contribution in [0.5, 0.6) is 0 Å². The molecular weight excluding hydrogens is 443 g/mol. The first-order valence-electron chi connectivity index (χ1n) is 9.27. The highest BCUT2D eigenvalue weighted by Gasteiger charge is 2.29. The molecule has 0 aliphatic rings. The number of hydrogen-bond acceptors (Lipinski definition) is 5. The number of halogens is 3. The number of alkyl halides is 3. The van der Waals surface area contributed by atoms with Crippen LogP contribution in [0.2, 0.25) is 0 Å². The molecule has 0 aliphatic carbocycles. The highest BCUT2D eigenvalue weighted by atomic mass is 32.2. The van der Waals surface area contributed by atoms with Gasteiger partial charge in [0.1, 0.15) is 0 Å². The van der Waals surface area contributed by atoms with E-state index in [0.29, 0.717) is 15.2 Å². The molecule has 0 saturated carbocycles. The average molecular weight is 460 g/mol. The first-order chi connectivity index (χ1) is 14.9. The van der Waals surface area contributed by atoms with Crippen LogP contribution < -0.4 is 5.32 Å². The standard InChI is InChI=1S/C22H16F3N3OS2/c23-22(24,25)17-10-8-14(9-11-17)13-30-21-28-27-20(31-21)26-19(29)12-16-6-3-5-15-4-1-2-7-18(15)16/h1-11H,12-13H2,(H,26,27,29). The van der Waals surface area contributed by atoms with Crippen LogP contribution in [-0.4, -0.2) is 16.1 Å². The molecule has 4 aromatic rings. The van der Waals surface area contributed by atoms with E-state index in [1.165, 1.54) is 35.2 Å². The van der Waals surface area contributed by atoms with E-state index in [-0.39, 0.29) is 12.3 Å². The number of fused-ring (bicyclic) bond motifs is 1. The number of hydrogen-bond donors (Lipinski definition) is 1. The maximum atomic E-state index is 12.6. The highest BCUT2D eigenvalue weighted by Crippen LogP contribution is 2.31. The van der Waals surface area contributed by atoms with Gasteiger partial charge in [0.25, 0.3) is 0 Å². The Bertz CT molecular complexity index is 1200. The predicted molar refractivity (Wildman–Crippen MR) is 117 cm³/mol. The lowest BCUT2D eigenvalue weighted by Crippen LogP contribution is -2.14. The molecule has 0 atom stereocenters. The SMILES string of the molecule is O=C(Cc1cccc2ccccc12)Nc1nnc(SCc2ccc(C(F)(F)F)cc2)s1. The minimum atomic E-state index is -4.34. The van der Waals surface area contributed by atoms with Gasteiger partial charge in [0.05, 0.1) is 12.0 Å². The Morgan fingerprint density at radius 2 is 1.71 bits per heavy atom. The van der Waals surface area contributed by atoms with E-state index in [2.05, 4.69) is 15.5 Å². The molecule has 1 amide bonds. The zero-order valence-corrected chi connectivity index (χ0v) is 17.7. The molecule has 9 heteroatoms. The van der Waals surface area contributed by atoms with Crippen LogP contribution in [0.3, 0.4) is 0 Å². The summed E-state index contributed by atoms with van der Waals surface area (Å²) in [4.78, 5) is 12.5. The number of nitrogens with one attached hydrogen (secondary N) is 1. The molecule has 1 N–H and O–H groups in total. The Balaban J connectivity index is 1.34. The molecule has 0 unspecified atom stereocenters. The lowest BCUT2D eigenvalue weighted by atomic mass is 10.0. The third-order valence-electron chi connectivity index (χ3n) is 4.53. The van der Waals surface area contributed by atoms with Gasteiger partial charge in [-0.25, -0.2) is 0 Å². The number of carbonyl (C=O) groups is 1. The molecule has 3 aromatic carbocycles. The van der Waals surface area contributed by atoms with E-state index in [4.69, 9.17) is 0 Å². The van der Waals surface area contributed by atoms with Gasteiger partial charge in [-0.15, -0.1) is 10.2 Å². The number of thioether (sulfide) groups is 1. The highest BCUT2D eigenvalue weighted by molar-refractivity contribution is 8.00. The number of carbonyl (C=O) groups excluding carboxylic acids is 1. The van der Waals surface area contributed by atoms with Gasteiger partial charge in [-0.05, 0) is 34.0 Å². The summed E-state index contributed by atoms with van der Waals surface area (Å²) in [6.07, 6.45) is -4.13. The smallest absolute Gasteiger partial charge is 0.300 e. The fourth-order valence-corrected chi connectivity index (χ4v) is 4.76. The van der Waals surface area contributed by atoms with Crippen molar-refractivity contribution < 1.29 is 18.0 Å². The first kappa shape index (κ1) is 21.3. The molecule has 1 heterocycles. The third kappa shape index (κ3) is 5.42. The molecule has 31 heavy (non-hydrogen) atoms. The van der Waals surface area contributed by atoms with Crippen LogP contribution in [0.15, 0.2) is 71.1 Å². The molecule has 0 spiro atoms. The summed E-state index contributed by atoms with van der Waals surface area (Å²) in [5.41, 5.74) is 1.00. The summed E-state index contributed by atoms with van der Waals surface area (Å²) in [5.74, 6) is 0.267. The predicted octanol–water partition coefficient (Wildman–Crippen LogP) is 6.18. The minimum Gasteiger partial charge on any atom is -0.300 e. The zero-order valence-electron chi connectivity index (χ0n) is 16.0. The van der Waals surface area contributed by atoms with Crippen molar-refractivity contribution in [2.24, 2.45) is 0 Å². The number of aromatic nitrogens is 2. The minimum absolute atomic E-state index is 0.188. The van der Waals surface area contributed by atoms with Gasteiger partial charge in [-0.2, -0.15) is 13.2 Å². The van der Waals surface area contributed by atoms with Gasteiger partial charge in [0.15, 0.2) is 4.34 Å². The maximum absolute atomic E-state index is 12.6. The summed E-state index contributed by atoms with van der Waals surface area (Å²) in [6, 6.07) is 18.8. The van der Waals surface area contributed by atoms with Gasteiger partial charge in [-0.3, -0.25) is 4.79 Å². The van der Waals surface area contributed by atoms with Crippen molar-refractivity contribution in [3.63, 3.8) is 0 Å². The van der Waals surface area contributed by atoms with Gasteiger partial charge in [0, 0.05) is 5.75 Å². The van der Waals surface area contributed by atoms with Gasteiger partial charge in [-0.1, -0.05) is 77.7 Å². The summed E-state index contributed by atoms with van der Waals surface area (Å²) < 4.78 is 38.5. The molecular formula is C22H16F3N3OS2. The molecule has 158 valence electrons. The summed E-state index contributed by atoms with van der Waals surface area (Å²) in [7, 11) is 0. The topological polar surface area (TPSA) is 54.9 Å². The van der Waals surface area contributed by atoms with Crippen molar-refractivity contribution in [2.45, 2.75) is 22.7 Å². The summed E-state index contributed by atoms with van der Waals surface area (Å²) in [5, 5.41) is 13.3. The molecule has 0 radical (unpaired) electrons. The van der Waals surface area contributed by atoms with E-state index in [1.54, 1.807) is 0 Å². The molecule has 0 bridgehead atoms. The van der Waals surface area contributed by atoms with E-state index < -0.39 is 11.7 Å². The largest absolute Gasteiger partial charge is 0.416 e. The van der Waals surface area contributed by atoms with Crippen LogP contribution >= 0.6 is 23.1 Å². The average Bonchev–Trinajstić information content (AvgIpc) is 3.19. The number of anilines is 1. The van der Waals surface area contributed by atoms with Crippen molar-refractivity contribution >= 4 is 44.9 Å². The zero-order chi connectivity index (χ0) is 21.8. The van der Waals surface area contributed by atoms with Crippen molar-refractivity contribution in [3.05, 3.63) is 83.4 Å². The number of benzene rings is 3. The molecule has 0 aliphatic heterocycles. The van der Waals surface area contributed by atoms with Crippen LogP contribution in [0, 0.1) is 0 Å². The van der Waals surface area contributed by atoms with E-state index in [9.17, 15) is 18.0 Å². The van der Waals surface area contributed by atoms with Crippen LogP contribution in [0.4, 0.5) is 18.3 Å². The molecule has 0 fully saturated rings. The normalized spacial score (nSPS) is 11.6. The van der Waals surface area contributed by atoms with Crippen LogP contribution in [0.1, 0.15) is 16.7 Å². The van der Waals surface area contributed by atoms with Crippen LogP contribution in [-0.2, 0) is 23.1 Å². The van der Waals surface area contributed by atoms with Crippen molar-refractivity contribution in [3.8, 4) is 0 Å². The molecule has 1 aromatic heterocycles. The van der Waals surface area contributed by atoms with Crippen molar-refractivity contribution in [1.29, 1.82) is 0 Å². The Morgan fingerprint density at radius 3 is 2.48 bits per heavy atom. The quantitative estimate of drug-likeness (QED) is 0.276. The van der Waals surface area contributed by atoms with Crippen molar-refractivity contribution in [2.75, 3.05) is 5.32 Å². The van der Waals surface area contributed by atoms with Gasteiger partial charge in [0.2, 0.25) is 11.0 Å². The van der Waals surface area contributed by atoms with E-state index >= 15 is 0 Å². The van der Waals surface area contributed by atoms with E-state index in [0.717, 1.165) is 34.0 Å². The second-order valence-corrected chi connectivity index (χ2v) is 8.92. The van der Waals surface area contributed by atoms with Gasteiger partial charge < -0.3 is 5.32 Å². The fraction of sp³-hybridized carbons (Fsp3) is 0.136. The summed E-state index contributed by atoms with van der Waals surface area (Å²) in [6.45, 7) is 0. The Kier molecular flexibility index (Phi) is 6.24. The summed E-state index contributed by atoms with van der Waals surface area (Å²) >= 11 is 2.58. The lowest BCUT2D eigenvalue weighted by molar-refractivity contribution is -0.137. The lowest BCUT2D eigenvalue weighted by Gasteiger charge is -2.07.